The van der Waals surface area contributed by atoms with E-state index in [1.807, 2.05) is 0 Å². The second-order valence-corrected chi connectivity index (χ2v) is 7.61. The van der Waals surface area contributed by atoms with Crippen LogP contribution in [-0.2, 0) is 13.0 Å². The first-order chi connectivity index (χ1) is 13.1. The van der Waals surface area contributed by atoms with Gasteiger partial charge in [-0.3, -0.25) is 9.69 Å². The molecule has 0 radical (unpaired) electrons. The van der Waals surface area contributed by atoms with E-state index in [0.29, 0.717) is 25.2 Å². The van der Waals surface area contributed by atoms with Crippen LogP contribution in [0.3, 0.4) is 0 Å². The maximum Gasteiger partial charge on any atom is 0.272 e. The summed E-state index contributed by atoms with van der Waals surface area (Å²) >= 11 is 5.88. The lowest BCUT2D eigenvalue weighted by molar-refractivity contribution is 0.0394. The molecule has 1 aromatic heterocycles. The Bertz CT molecular complexity index is 831. The zero-order valence-electron chi connectivity index (χ0n) is 15.1. The molecule has 2 aromatic rings. The molecule has 1 saturated heterocycles. The van der Waals surface area contributed by atoms with Crippen LogP contribution in [-0.4, -0.2) is 62.6 Å². The van der Waals surface area contributed by atoms with Gasteiger partial charge in [-0.15, -0.1) is 0 Å². The number of likely N-dealkylation sites (tertiary alicyclic amines) is 1. The molecule has 0 bridgehead atoms. The van der Waals surface area contributed by atoms with Crippen molar-refractivity contribution in [2.24, 2.45) is 0 Å². The number of rotatable bonds is 2. The zero-order valence-corrected chi connectivity index (χ0v) is 15.8. The first-order valence-corrected chi connectivity index (χ1v) is 9.75. The number of nitrogens with zero attached hydrogens (tertiary/aromatic N) is 4. The predicted octanol–water partition coefficient (Wildman–Crippen LogP) is 2.15. The molecule has 6 nitrogen and oxygen atoms in total. The van der Waals surface area contributed by atoms with Gasteiger partial charge in [0.1, 0.15) is 17.2 Å². The molecule has 2 aliphatic rings. The third-order valence-electron chi connectivity index (χ3n) is 5.60. The second-order valence-electron chi connectivity index (χ2n) is 7.22. The third kappa shape index (κ3) is 3.98. The van der Waals surface area contributed by atoms with Crippen molar-refractivity contribution in [1.82, 2.24) is 19.8 Å². The van der Waals surface area contributed by atoms with Gasteiger partial charge >= 0.3 is 0 Å². The normalized spacial score (nSPS) is 23.6. The van der Waals surface area contributed by atoms with Crippen molar-refractivity contribution in [3.05, 3.63) is 58.6 Å². The Morgan fingerprint density at radius 2 is 1.89 bits per heavy atom. The van der Waals surface area contributed by atoms with E-state index in [9.17, 15) is 9.90 Å². The van der Waals surface area contributed by atoms with Crippen molar-refractivity contribution in [3.63, 3.8) is 0 Å². The van der Waals surface area contributed by atoms with Gasteiger partial charge in [-0.1, -0.05) is 35.9 Å². The molecule has 27 heavy (non-hydrogen) atoms. The maximum atomic E-state index is 12.7. The number of halogens is 1. The van der Waals surface area contributed by atoms with Crippen LogP contribution in [0, 0.1) is 0 Å². The van der Waals surface area contributed by atoms with Crippen LogP contribution in [0.25, 0.3) is 0 Å². The van der Waals surface area contributed by atoms with Gasteiger partial charge in [0.2, 0.25) is 0 Å². The summed E-state index contributed by atoms with van der Waals surface area (Å²) in [5, 5.41) is 11.0. The predicted molar refractivity (Wildman–Crippen MR) is 103 cm³/mol. The van der Waals surface area contributed by atoms with E-state index in [4.69, 9.17) is 11.6 Å². The monoisotopic (exact) mass is 386 g/mol. The van der Waals surface area contributed by atoms with Crippen molar-refractivity contribution < 1.29 is 9.90 Å². The number of aromatic nitrogens is 2. The third-order valence-corrected chi connectivity index (χ3v) is 5.81. The Kier molecular flexibility index (Phi) is 5.38. The first-order valence-electron chi connectivity index (χ1n) is 9.37. The minimum atomic E-state index is -0.443. The van der Waals surface area contributed by atoms with Crippen LogP contribution in [0.5, 0.6) is 0 Å². The zero-order chi connectivity index (χ0) is 18.8. The van der Waals surface area contributed by atoms with Crippen molar-refractivity contribution in [2.45, 2.75) is 38.0 Å². The minimum Gasteiger partial charge on any atom is -0.391 e. The number of aliphatic hydroxyl groups is 1. The largest absolute Gasteiger partial charge is 0.391 e. The van der Waals surface area contributed by atoms with E-state index < -0.39 is 6.10 Å². The Balaban J connectivity index is 1.45. The maximum absolute atomic E-state index is 12.7. The van der Waals surface area contributed by atoms with Gasteiger partial charge in [0.25, 0.3) is 5.91 Å². The molecule has 0 aliphatic carbocycles. The number of carbonyl (C=O) groups excluding carboxylic acids is 1. The molecule has 0 spiro atoms. The number of hydrogen-bond acceptors (Lipinski definition) is 5. The van der Waals surface area contributed by atoms with E-state index in [2.05, 4.69) is 39.1 Å². The Labute approximate surface area is 163 Å². The number of carbonyl (C=O) groups is 1. The molecule has 4 rings (SSSR count). The van der Waals surface area contributed by atoms with Gasteiger partial charge < -0.3 is 10.0 Å². The van der Waals surface area contributed by atoms with E-state index in [-0.39, 0.29) is 17.1 Å². The van der Waals surface area contributed by atoms with E-state index in [0.717, 1.165) is 25.9 Å². The van der Waals surface area contributed by atoms with Gasteiger partial charge in [-0.05, 0) is 30.4 Å². The minimum absolute atomic E-state index is 0.0603. The van der Waals surface area contributed by atoms with Crippen LogP contribution in [0.2, 0.25) is 5.15 Å². The molecule has 1 fully saturated rings. The molecular formula is C20H23ClN4O2. The summed E-state index contributed by atoms with van der Waals surface area (Å²) in [4.78, 5) is 24.7. The summed E-state index contributed by atoms with van der Waals surface area (Å²) in [5.41, 5.74) is 3.04. The fraction of sp³-hybridized carbons (Fsp3) is 0.450. The molecule has 0 saturated carbocycles. The highest BCUT2D eigenvalue weighted by molar-refractivity contribution is 6.29. The highest BCUT2D eigenvalue weighted by Gasteiger charge is 2.33. The fourth-order valence-corrected chi connectivity index (χ4v) is 4.26. The topological polar surface area (TPSA) is 69.6 Å². The summed E-state index contributed by atoms with van der Waals surface area (Å²) in [6, 6.07) is 10.1. The molecule has 3 heterocycles. The molecule has 1 aromatic carbocycles. The van der Waals surface area contributed by atoms with Crippen molar-refractivity contribution in [1.29, 1.82) is 0 Å². The average Bonchev–Trinajstić information content (AvgIpc) is 2.89. The van der Waals surface area contributed by atoms with Crippen LogP contribution in [0.15, 0.2) is 36.7 Å². The molecule has 1 N–H and O–H groups in total. The SMILES string of the molecule is O=C(c1cc(Cl)ncn1)N1CCC(N2CCc3ccccc3C2)[C@@H](O)CC1. The number of benzene rings is 1. The summed E-state index contributed by atoms with van der Waals surface area (Å²) in [7, 11) is 0. The number of fused-ring (bicyclic) bond motifs is 1. The number of hydrogen-bond donors (Lipinski definition) is 1. The standard InChI is InChI=1S/C20H23ClN4O2/c21-19-11-16(22-13-23-19)20(27)24-9-6-17(18(26)7-10-24)25-8-5-14-3-1-2-4-15(14)12-25/h1-4,11,13,17-18,26H,5-10,12H2/t17?,18-/m0/s1. The molecule has 2 aliphatic heterocycles. The van der Waals surface area contributed by atoms with Crippen LogP contribution in [0.4, 0.5) is 0 Å². The summed E-state index contributed by atoms with van der Waals surface area (Å²) in [6.07, 6.45) is 3.17. The summed E-state index contributed by atoms with van der Waals surface area (Å²) < 4.78 is 0. The lowest BCUT2D eigenvalue weighted by Crippen LogP contribution is -2.46. The van der Waals surface area contributed by atoms with Crippen LogP contribution >= 0.6 is 11.6 Å². The van der Waals surface area contributed by atoms with E-state index >= 15 is 0 Å². The average molecular weight is 387 g/mol. The smallest absolute Gasteiger partial charge is 0.272 e. The van der Waals surface area contributed by atoms with Crippen molar-refractivity contribution >= 4 is 17.5 Å². The Hall–Kier alpha value is -2.02. The molecule has 2 atom stereocenters. The second kappa shape index (κ2) is 7.92. The van der Waals surface area contributed by atoms with Gasteiger partial charge in [0.15, 0.2) is 0 Å². The van der Waals surface area contributed by atoms with E-state index in [1.165, 1.54) is 23.5 Å². The highest BCUT2D eigenvalue weighted by Crippen LogP contribution is 2.25. The van der Waals surface area contributed by atoms with Crippen molar-refractivity contribution in [2.75, 3.05) is 19.6 Å². The van der Waals surface area contributed by atoms with E-state index in [1.54, 1.807) is 4.90 Å². The molecule has 7 heteroatoms. The van der Waals surface area contributed by atoms with Gasteiger partial charge in [0, 0.05) is 38.3 Å². The Morgan fingerprint density at radius 3 is 2.70 bits per heavy atom. The van der Waals surface area contributed by atoms with Gasteiger partial charge in [-0.25, -0.2) is 9.97 Å². The van der Waals surface area contributed by atoms with Crippen molar-refractivity contribution in [3.8, 4) is 0 Å². The molecule has 1 amide bonds. The fourth-order valence-electron chi connectivity index (χ4n) is 4.11. The van der Waals surface area contributed by atoms with Gasteiger partial charge in [0.05, 0.1) is 6.10 Å². The lowest BCUT2D eigenvalue weighted by atomic mass is 9.96. The number of amides is 1. The molecule has 1 unspecified atom stereocenters. The lowest BCUT2D eigenvalue weighted by Gasteiger charge is -2.37. The Morgan fingerprint density at radius 1 is 1.11 bits per heavy atom. The summed E-state index contributed by atoms with van der Waals surface area (Å²) in [6.45, 7) is 2.91. The molecule has 142 valence electrons. The van der Waals surface area contributed by atoms with Crippen LogP contribution < -0.4 is 0 Å². The van der Waals surface area contributed by atoms with Gasteiger partial charge in [-0.2, -0.15) is 0 Å². The highest BCUT2D eigenvalue weighted by atomic mass is 35.5. The molecular weight excluding hydrogens is 364 g/mol. The number of aliphatic hydroxyl groups excluding tert-OH is 1. The first kappa shape index (κ1) is 18.3. The quantitative estimate of drug-likeness (QED) is 0.801. The van der Waals surface area contributed by atoms with Crippen LogP contribution in [0.1, 0.15) is 34.5 Å². The summed E-state index contributed by atoms with van der Waals surface area (Å²) in [5.74, 6) is -0.156.